The molecule has 0 atom stereocenters. The molecule has 0 N–H and O–H groups in total. The fourth-order valence-electron chi connectivity index (χ4n) is 1.74. The van der Waals surface area contributed by atoms with Gasteiger partial charge in [0.15, 0.2) is 0 Å². The monoisotopic (exact) mass is 408 g/mol. The number of carbonyl (C=O) groups is 1. The highest BCUT2D eigenvalue weighted by Crippen LogP contribution is 2.24. The predicted molar refractivity (Wildman–Crippen MR) is 85.1 cm³/mol. The molecule has 2 rings (SSSR count). The zero-order valence-corrected chi connectivity index (χ0v) is 13.8. The average molecular weight is 409 g/mol. The third kappa shape index (κ3) is 3.12. The number of rotatable bonds is 4. The van der Waals surface area contributed by atoms with Crippen LogP contribution < -0.4 is 0 Å². The molecular weight excluding hydrogens is 398 g/mol. The number of hydrogen-bond acceptors (Lipinski definition) is 2. The Hall–Kier alpha value is -0.590. The Morgan fingerprint density at radius 2 is 2.11 bits per heavy atom. The van der Waals surface area contributed by atoms with Gasteiger partial charge in [-0.1, -0.05) is 30.1 Å². The van der Waals surface area contributed by atoms with Crippen molar-refractivity contribution in [2.75, 3.05) is 0 Å². The van der Waals surface area contributed by atoms with Gasteiger partial charge in [-0.25, -0.2) is 0 Å². The van der Waals surface area contributed by atoms with Crippen molar-refractivity contribution in [3.8, 4) is 0 Å². The van der Waals surface area contributed by atoms with Gasteiger partial charge in [-0.15, -0.1) is 0 Å². The van der Waals surface area contributed by atoms with E-state index in [9.17, 15) is 4.79 Å². The van der Waals surface area contributed by atoms with Crippen molar-refractivity contribution in [3.05, 3.63) is 49.3 Å². The minimum absolute atomic E-state index is 0.158. The van der Waals surface area contributed by atoms with Crippen LogP contribution in [0.2, 0.25) is 10.0 Å². The molecule has 6 heteroatoms. The van der Waals surface area contributed by atoms with E-state index in [2.05, 4.69) is 27.7 Å². The van der Waals surface area contributed by atoms with Gasteiger partial charge in [0, 0.05) is 15.7 Å². The molecule has 1 aromatic heterocycles. The molecule has 0 saturated carbocycles. The molecule has 100 valence electrons. The molecule has 19 heavy (non-hydrogen) atoms. The highest BCUT2D eigenvalue weighted by Gasteiger charge is 2.19. The van der Waals surface area contributed by atoms with Crippen LogP contribution >= 0.6 is 45.8 Å². The van der Waals surface area contributed by atoms with E-state index in [1.165, 1.54) is 6.20 Å². The van der Waals surface area contributed by atoms with Crippen molar-refractivity contribution < 1.29 is 4.79 Å². The van der Waals surface area contributed by atoms with Crippen molar-refractivity contribution in [1.29, 1.82) is 0 Å². The molecule has 1 aromatic carbocycles. The Morgan fingerprint density at radius 1 is 1.37 bits per heavy atom. The minimum atomic E-state index is -0.158. The zero-order valence-electron chi connectivity index (χ0n) is 10.2. The number of aromatic nitrogens is 2. The summed E-state index contributed by atoms with van der Waals surface area (Å²) >= 11 is 14.2. The Bertz CT molecular complexity index is 625. The van der Waals surface area contributed by atoms with Gasteiger partial charge >= 0.3 is 0 Å². The quantitative estimate of drug-likeness (QED) is 0.553. The molecule has 0 aliphatic carbocycles. The van der Waals surface area contributed by atoms with E-state index >= 15 is 0 Å². The number of benzene rings is 1. The van der Waals surface area contributed by atoms with Crippen LogP contribution in [-0.2, 0) is 6.54 Å². The summed E-state index contributed by atoms with van der Waals surface area (Å²) in [7, 11) is 0. The van der Waals surface area contributed by atoms with Gasteiger partial charge in [0.2, 0.25) is 5.78 Å². The summed E-state index contributed by atoms with van der Waals surface area (Å²) in [4.78, 5) is 12.5. The summed E-state index contributed by atoms with van der Waals surface area (Å²) in [5, 5.41) is 5.05. The average Bonchev–Trinajstić information content (AvgIpc) is 2.74. The molecule has 0 aliphatic rings. The molecule has 2 aromatic rings. The zero-order chi connectivity index (χ0) is 14.0. The molecule has 0 amide bonds. The van der Waals surface area contributed by atoms with Crippen LogP contribution in [0.15, 0.2) is 24.4 Å². The summed E-state index contributed by atoms with van der Waals surface area (Å²) in [5.41, 5.74) is 0.936. The molecule has 0 aliphatic heterocycles. The standard InChI is InChI=1S/C13H11Cl2IN2O/c1-2-5-18-12(10(15)7-17-18)13(19)8-3-4-11(16)9(14)6-8/h3-4,6-7H,2,5H2,1H3. The van der Waals surface area contributed by atoms with Crippen molar-refractivity contribution in [3.63, 3.8) is 0 Å². The van der Waals surface area contributed by atoms with Gasteiger partial charge in [-0.3, -0.25) is 9.48 Å². The number of carbonyl (C=O) groups excluding carboxylic acids is 1. The minimum Gasteiger partial charge on any atom is -0.287 e. The van der Waals surface area contributed by atoms with Gasteiger partial charge in [-0.05, 0) is 47.2 Å². The summed E-state index contributed by atoms with van der Waals surface area (Å²) < 4.78 is 2.54. The molecule has 1 heterocycles. The lowest BCUT2D eigenvalue weighted by molar-refractivity contribution is 0.102. The third-order valence-electron chi connectivity index (χ3n) is 2.63. The van der Waals surface area contributed by atoms with E-state index < -0.39 is 0 Å². The van der Waals surface area contributed by atoms with Crippen LogP contribution in [0.1, 0.15) is 29.4 Å². The maximum Gasteiger partial charge on any atom is 0.212 e. The van der Waals surface area contributed by atoms with Crippen molar-refractivity contribution >= 4 is 51.6 Å². The Morgan fingerprint density at radius 3 is 2.74 bits per heavy atom. The normalized spacial score (nSPS) is 10.7. The fraction of sp³-hybridized carbons (Fsp3) is 0.231. The second-order valence-corrected chi connectivity index (χ2v) is 6.00. The van der Waals surface area contributed by atoms with E-state index in [-0.39, 0.29) is 5.78 Å². The molecule has 0 spiro atoms. The van der Waals surface area contributed by atoms with Crippen LogP contribution in [0.25, 0.3) is 0 Å². The Balaban J connectivity index is 2.43. The van der Waals surface area contributed by atoms with Crippen molar-refractivity contribution in [1.82, 2.24) is 9.78 Å². The molecular formula is C13H11Cl2IN2O. The lowest BCUT2D eigenvalue weighted by atomic mass is 10.1. The van der Waals surface area contributed by atoms with Gasteiger partial charge in [0.25, 0.3) is 0 Å². The fourth-order valence-corrected chi connectivity index (χ4v) is 2.49. The number of hydrogen-bond donors (Lipinski definition) is 0. The molecule has 0 saturated heterocycles. The van der Waals surface area contributed by atoms with E-state index in [0.717, 1.165) is 9.99 Å². The van der Waals surface area contributed by atoms with Gasteiger partial charge in [-0.2, -0.15) is 5.10 Å². The second kappa shape index (κ2) is 6.24. The first-order valence-corrected chi connectivity index (χ1v) is 7.59. The van der Waals surface area contributed by atoms with Gasteiger partial charge in [0.1, 0.15) is 5.69 Å². The van der Waals surface area contributed by atoms with Gasteiger partial charge in [0.05, 0.1) is 16.2 Å². The SMILES string of the molecule is CCCn1ncc(Cl)c1C(=O)c1ccc(I)c(Cl)c1. The first-order valence-electron chi connectivity index (χ1n) is 5.75. The molecule has 0 bridgehead atoms. The number of halogens is 3. The largest absolute Gasteiger partial charge is 0.287 e. The molecule has 0 unspecified atom stereocenters. The van der Waals surface area contributed by atoms with E-state index in [1.807, 2.05) is 13.0 Å². The highest BCUT2D eigenvalue weighted by molar-refractivity contribution is 14.1. The first-order chi connectivity index (χ1) is 9.04. The smallest absolute Gasteiger partial charge is 0.212 e. The maximum absolute atomic E-state index is 12.5. The van der Waals surface area contributed by atoms with Crippen LogP contribution in [0.4, 0.5) is 0 Å². The van der Waals surface area contributed by atoms with E-state index in [4.69, 9.17) is 23.2 Å². The molecule has 0 radical (unpaired) electrons. The van der Waals surface area contributed by atoms with Crippen LogP contribution in [0.3, 0.4) is 0 Å². The lowest BCUT2D eigenvalue weighted by Gasteiger charge is -2.07. The summed E-state index contributed by atoms with van der Waals surface area (Å²) in [6, 6.07) is 5.21. The van der Waals surface area contributed by atoms with Gasteiger partial charge < -0.3 is 0 Å². The summed E-state index contributed by atoms with van der Waals surface area (Å²) in [5.74, 6) is -0.158. The molecule has 0 fully saturated rings. The van der Waals surface area contributed by atoms with E-state index in [0.29, 0.717) is 27.8 Å². The number of aryl methyl sites for hydroxylation is 1. The summed E-state index contributed by atoms with van der Waals surface area (Å²) in [6.07, 6.45) is 2.38. The van der Waals surface area contributed by atoms with Crippen LogP contribution in [-0.4, -0.2) is 15.6 Å². The Labute approximate surface area is 135 Å². The Kier molecular flexibility index (Phi) is 4.86. The van der Waals surface area contributed by atoms with Crippen molar-refractivity contribution in [2.24, 2.45) is 0 Å². The third-order valence-corrected chi connectivity index (χ3v) is 4.48. The van der Waals surface area contributed by atoms with E-state index in [1.54, 1.807) is 16.8 Å². The lowest BCUT2D eigenvalue weighted by Crippen LogP contribution is -2.12. The predicted octanol–water partition coefficient (Wildman–Crippen LogP) is 4.44. The van der Waals surface area contributed by atoms with Crippen LogP contribution in [0.5, 0.6) is 0 Å². The van der Waals surface area contributed by atoms with Crippen LogP contribution in [0, 0.1) is 3.57 Å². The topological polar surface area (TPSA) is 34.9 Å². The molecule has 3 nitrogen and oxygen atoms in total. The first kappa shape index (κ1) is 14.8. The summed E-state index contributed by atoms with van der Waals surface area (Å²) in [6.45, 7) is 2.68. The maximum atomic E-state index is 12.5. The number of ketones is 1. The highest BCUT2D eigenvalue weighted by atomic mass is 127. The second-order valence-electron chi connectivity index (χ2n) is 4.02. The van der Waals surface area contributed by atoms with Crippen molar-refractivity contribution in [2.45, 2.75) is 19.9 Å². The number of nitrogens with zero attached hydrogens (tertiary/aromatic N) is 2.